The molecule has 0 N–H and O–H groups in total. The maximum atomic E-state index is 6.59. The van der Waals surface area contributed by atoms with Crippen LogP contribution in [0.4, 0.5) is 0 Å². The summed E-state index contributed by atoms with van der Waals surface area (Å²) < 4.78 is 15.0. The molecule has 2 heterocycles. The number of hydrogen-bond donors (Lipinski definition) is 0. The van der Waals surface area contributed by atoms with E-state index in [2.05, 4.69) is 95.3 Å². The van der Waals surface area contributed by atoms with E-state index in [0.29, 0.717) is 13.2 Å². The molecule has 35 heavy (non-hydrogen) atoms. The molecule has 1 aromatic heterocycles. The first-order valence-corrected chi connectivity index (χ1v) is 13.4. The Morgan fingerprint density at radius 1 is 0.943 bits per heavy atom. The van der Waals surface area contributed by atoms with Gasteiger partial charge in [0.25, 0.3) is 0 Å². The maximum absolute atomic E-state index is 6.59. The van der Waals surface area contributed by atoms with Gasteiger partial charge in [-0.2, -0.15) is 11.8 Å². The molecular weight excluding hydrogens is 452 g/mol. The number of ether oxygens (including phenoxy) is 2. The summed E-state index contributed by atoms with van der Waals surface area (Å²) in [5, 5.41) is 0. The third-order valence-electron chi connectivity index (χ3n) is 6.45. The first-order chi connectivity index (χ1) is 17.2. The minimum Gasteiger partial charge on any atom is -0.345 e. The van der Waals surface area contributed by atoms with Crippen LogP contribution in [0.5, 0.6) is 0 Å². The maximum Gasteiger partial charge on any atom is 0.187 e. The molecule has 3 aromatic carbocycles. The molecule has 0 bridgehead atoms. The molecule has 1 saturated heterocycles. The first-order valence-electron chi connectivity index (χ1n) is 12.2. The van der Waals surface area contributed by atoms with Crippen LogP contribution in [0.1, 0.15) is 23.1 Å². The van der Waals surface area contributed by atoms with Gasteiger partial charge in [0.2, 0.25) is 0 Å². The Labute approximate surface area is 212 Å². The van der Waals surface area contributed by atoms with E-state index in [0.717, 1.165) is 24.3 Å². The fourth-order valence-electron chi connectivity index (χ4n) is 4.47. The van der Waals surface area contributed by atoms with Gasteiger partial charge in [-0.05, 0) is 35.6 Å². The standard InChI is InChI=1S/C30H32N2O2S/c1-24-7-9-25(10-8-24)15-16-30(22-32-18-17-31-23-32)33-19-29(34-30)21-35-20-26-11-13-28(14-12-26)27-5-3-2-4-6-27/h2-14,17-18,23,29H,15-16,19-22H2,1H3. The van der Waals surface area contributed by atoms with Crippen molar-refractivity contribution >= 4 is 11.8 Å². The van der Waals surface area contributed by atoms with Gasteiger partial charge in [-0.3, -0.25) is 0 Å². The summed E-state index contributed by atoms with van der Waals surface area (Å²) in [4.78, 5) is 4.20. The van der Waals surface area contributed by atoms with Gasteiger partial charge in [0.15, 0.2) is 5.79 Å². The molecule has 0 aliphatic carbocycles. The molecule has 1 fully saturated rings. The lowest BCUT2D eigenvalue weighted by Gasteiger charge is -2.28. The minimum absolute atomic E-state index is 0.0881. The molecule has 0 saturated carbocycles. The fraction of sp³-hybridized carbons (Fsp3) is 0.300. The molecule has 4 nitrogen and oxygen atoms in total. The Morgan fingerprint density at radius 2 is 1.69 bits per heavy atom. The number of imidazole rings is 1. The Morgan fingerprint density at radius 3 is 2.43 bits per heavy atom. The van der Waals surface area contributed by atoms with Crippen LogP contribution in [-0.2, 0) is 28.2 Å². The van der Waals surface area contributed by atoms with Crippen molar-refractivity contribution in [2.45, 2.75) is 44.0 Å². The van der Waals surface area contributed by atoms with Crippen molar-refractivity contribution in [1.29, 1.82) is 0 Å². The molecule has 1 aliphatic heterocycles. The highest BCUT2D eigenvalue weighted by atomic mass is 32.2. The molecule has 4 aromatic rings. The number of hydrogen-bond acceptors (Lipinski definition) is 4. The van der Waals surface area contributed by atoms with Gasteiger partial charge in [0, 0.05) is 30.3 Å². The van der Waals surface area contributed by atoms with Gasteiger partial charge in [-0.15, -0.1) is 0 Å². The number of nitrogens with zero attached hydrogens (tertiary/aromatic N) is 2. The van der Waals surface area contributed by atoms with Crippen molar-refractivity contribution in [1.82, 2.24) is 9.55 Å². The van der Waals surface area contributed by atoms with Crippen LogP contribution in [0.3, 0.4) is 0 Å². The first kappa shape index (κ1) is 23.9. The Bertz CT molecular complexity index is 1180. The summed E-state index contributed by atoms with van der Waals surface area (Å²) in [6.07, 6.45) is 7.44. The summed E-state index contributed by atoms with van der Waals surface area (Å²) >= 11 is 1.91. The van der Waals surface area contributed by atoms with Crippen molar-refractivity contribution < 1.29 is 9.47 Å². The third-order valence-corrected chi connectivity index (χ3v) is 7.59. The van der Waals surface area contributed by atoms with Crippen LogP contribution in [0.25, 0.3) is 11.1 Å². The van der Waals surface area contributed by atoms with Crippen molar-refractivity contribution in [2.24, 2.45) is 0 Å². The summed E-state index contributed by atoms with van der Waals surface area (Å²) in [7, 11) is 0. The Balaban J connectivity index is 1.16. The van der Waals surface area contributed by atoms with Crippen molar-refractivity contribution in [3.05, 3.63) is 114 Å². The van der Waals surface area contributed by atoms with E-state index in [9.17, 15) is 0 Å². The average Bonchev–Trinajstić information content (AvgIpc) is 3.55. The highest BCUT2D eigenvalue weighted by Crippen LogP contribution is 2.33. The predicted octanol–water partition coefficient (Wildman–Crippen LogP) is 6.54. The topological polar surface area (TPSA) is 36.3 Å². The lowest BCUT2D eigenvalue weighted by molar-refractivity contribution is -0.180. The molecule has 2 unspecified atom stereocenters. The van der Waals surface area contributed by atoms with Crippen molar-refractivity contribution in [3.63, 3.8) is 0 Å². The van der Waals surface area contributed by atoms with Crippen LogP contribution in [0.15, 0.2) is 97.6 Å². The molecule has 1 aliphatic rings. The predicted molar refractivity (Wildman–Crippen MR) is 143 cm³/mol. The van der Waals surface area contributed by atoms with E-state index in [1.165, 1.54) is 27.8 Å². The van der Waals surface area contributed by atoms with Gasteiger partial charge in [-0.1, -0.05) is 84.4 Å². The van der Waals surface area contributed by atoms with E-state index in [4.69, 9.17) is 9.47 Å². The smallest absolute Gasteiger partial charge is 0.187 e. The SMILES string of the molecule is Cc1ccc(CCC2(Cn3ccnc3)OCC(CSCc3ccc(-c4ccccc4)cc3)O2)cc1. The molecule has 2 atom stereocenters. The largest absolute Gasteiger partial charge is 0.345 e. The van der Waals surface area contributed by atoms with E-state index < -0.39 is 5.79 Å². The second-order valence-electron chi connectivity index (χ2n) is 9.26. The van der Waals surface area contributed by atoms with Crippen LogP contribution < -0.4 is 0 Å². The van der Waals surface area contributed by atoms with Crippen molar-refractivity contribution in [3.8, 4) is 11.1 Å². The van der Waals surface area contributed by atoms with Crippen LogP contribution in [0, 0.1) is 6.92 Å². The molecule has 5 rings (SSSR count). The highest BCUT2D eigenvalue weighted by Gasteiger charge is 2.41. The summed E-state index contributed by atoms with van der Waals surface area (Å²) in [5.74, 6) is 1.26. The summed E-state index contributed by atoms with van der Waals surface area (Å²) in [6, 6.07) is 28.1. The van der Waals surface area contributed by atoms with Gasteiger partial charge < -0.3 is 14.0 Å². The van der Waals surface area contributed by atoms with E-state index >= 15 is 0 Å². The number of benzene rings is 3. The Kier molecular flexibility index (Phi) is 7.67. The van der Waals surface area contributed by atoms with E-state index in [-0.39, 0.29) is 6.10 Å². The number of rotatable bonds is 10. The molecular formula is C30H32N2O2S. The molecule has 0 spiro atoms. The van der Waals surface area contributed by atoms with Crippen molar-refractivity contribution in [2.75, 3.05) is 12.4 Å². The Hall–Kier alpha value is -2.86. The summed E-state index contributed by atoms with van der Waals surface area (Å²) in [5.41, 5.74) is 6.43. The van der Waals surface area contributed by atoms with Crippen LogP contribution in [-0.4, -0.2) is 33.8 Å². The molecule has 0 radical (unpaired) electrons. The van der Waals surface area contributed by atoms with Crippen LogP contribution >= 0.6 is 11.8 Å². The second-order valence-corrected chi connectivity index (χ2v) is 10.3. The number of aryl methyl sites for hydroxylation is 2. The van der Waals surface area contributed by atoms with Crippen LogP contribution in [0.2, 0.25) is 0 Å². The zero-order valence-electron chi connectivity index (χ0n) is 20.2. The van der Waals surface area contributed by atoms with Gasteiger partial charge in [0.1, 0.15) is 0 Å². The molecule has 180 valence electrons. The zero-order chi connectivity index (χ0) is 23.9. The number of thioether (sulfide) groups is 1. The monoisotopic (exact) mass is 484 g/mol. The van der Waals surface area contributed by atoms with Gasteiger partial charge in [0.05, 0.1) is 25.6 Å². The van der Waals surface area contributed by atoms with Gasteiger partial charge in [-0.25, -0.2) is 4.98 Å². The zero-order valence-corrected chi connectivity index (χ0v) is 21.0. The lowest BCUT2D eigenvalue weighted by atomic mass is 10.0. The fourth-order valence-corrected chi connectivity index (χ4v) is 5.45. The average molecular weight is 485 g/mol. The quantitative estimate of drug-likeness (QED) is 0.256. The van der Waals surface area contributed by atoms with E-state index in [1.54, 1.807) is 6.20 Å². The van der Waals surface area contributed by atoms with Gasteiger partial charge >= 0.3 is 0 Å². The molecule has 0 amide bonds. The lowest BCUT2D eigenvalue weighted by Crippen LogP contribution is -2.37. The highest BCUT2D eigenvalue weighted by molar-refractivity contribution is 7.98. The molecule has 5 heteroatoms. The summed E-state index contributed by atoms with van der Waals surface area (Å²) in [6.45, 7) is 3.40. The normalized spacial score (nSPS) is 19.7. The van der Waals surface area contributed by atoms with E-state index in [1.807, 2.05) is 24.3 Å². The minimum atomic E-state index is -0.617. The third kappa shape index (κ3) is 6.43. The second kappa shape index (κ2) is 11.3. The number of aromatic nitrogens is 2.